The molecule has 1 aromatic rings. The largest absolute Gasteiger partial charge is 0.385 e. The summed E-state index contributed by atoms with van der Waals surface area (Å²) in [5.74, 6) is 0. The molecule has 0 aromatic carbocycles. The van der Waals surface area contributed by atoms with Gasteiger partial charge in [0.1, 0.15) is 6.07 Å². The molecule has 2 unspecified atom stereocenters. The van der Waals surface area contributed by atoms with Crippen LogP contribution in [-0.4, -0.2) is 32.4 Å². The Morgan fingerprint density at radius 3 is 2.29 bits per heavy atom. The number of hydrogen-bond acceptors (Lipinski definition) is 6. The van der Waals surface area contributed by atoms with E-state index in [0.29, 0.717) is 37.3 Å². The van der Waals surface area contributed by atoms with E-state index >= 15 is 0 Å². The third-order valence-corrected chi connectivity index (χ3v) is 3.37. The minimum atomic E-state index is -0.340. The fourth-order valence-corrected chi connectivity index (χ4v) is 2.10. The van der Waals surface area contributed by atoms with Crippen LogP contribution in [0.3, 0.4) is 0 Å². The molecule has 0 saturated heterocycles. The summed E-state index contributed by atoms with van der Waals surface area (Å²) in [5.41, 5.74) is 15.0. The summed E-state index contributed by atoms with van der Waals surface area (Å²) in [7, 11) is 3.25. The third-order valence-electron chi connectivity index (χ3n) is 3.37. The number of methoxy groups -OCH3 is 2. The SMILES string of the molecule is COCCC(N)c1cc(C)c(C#N)c(C(N)CCOC)n1. The number of aromatic nitrogens is 1. The number of pyridine rings is 1. The molecular formula is C15H24N4O2. The van der Waals surface area contributed by atoms with E-state index in [1.807, 2.05) is 13.0 Å². The van der Waals surface area contributed by atoms with Gasteiger partial charge in [-0.05, 0) is 31.4 Å². The molecule has 1 heterocycles. The molecule has 0 amide bonds. The number of ether oxygens (including phenoxy) is 2. The van der Waals surface area contributed by atoms with Gasteiger partial charge in [0, 0.05) is 33.5 Å². The van der Waals surface area contributed by atoms with Gasteiger partial charge in [0.05, 0.1) is 23.0 Å². The van der Waals surface area contributed by atoms with Gasteiger partial charge in [-0.3, -0.25) is 4.98 Å². The number of nitrogens with two attached hydrogens (primary N) is 2. The second-order valence-corrected chi connectivity index (χ2v) is 5.01. The predicted octanol–water partition coefficient (Wildman–Crippen LogP) is 1.33. The second kappa shape index (κ2) is 8.70. The summed E-state index contributed by atoms with van der Waals surface area (Å²) < 4.78 is 10.1. The topological polar surface area (TPSA) is 107 Å². The standard InChI is InChI=1S/C15H24N4O2/c1-10-8-14(12(17)4-6-20-2)19-15(11(10)9-16)13(18)5-7-21-3/h8,12-13H,4-7,17-18H2,1-3H3. The van der Waals surface area contributed by atoms with E-state index in [4.69, 9.17) is 20.9 Å². The monoisotopic (exact) mass is 292 g/mol. The zero-order valence-corrected chi connectivity index (χ0v) is 12.9. The lowest BCUT2D eigenvalue weighted by Gasteiger charge is -2.18. The van der Waals surface area contributed by atoms with Crippen LogP contribution >= 0.6 is 0 Å². The molecule has 0 spiro atoms. The third kappa shape index (κ3) is 4.76. The number of hydrogen-bond donors (Lipinski definition) is 2. The molecule has 21 heavy (non-hydrogen) atoms. The van der Waals surface area contributed by atoms with Gasteiger partial charge in [0.2, 0.25) is 0 Å². The molecule has 0 aliphatic heterocycles. The van der Waals surface area contributed by atoms with E-state index in [2.05, 4.69) is 11.1 Å². The fraction of sp³-hybridized carbons (Fsp3) is 0.600. The molecule has 0 bridgehead atoms. The smallest absolute Gasteiger partial charge is 0.101 e. The Hall–Kier alpha value is -1.52. The molecule has 2 atom stereocenters. The highest BCUT2D eigenvalue weighted by atomic mass is 16.5. The van der Waals surface area contributed by atoms with Gasteiger partial charge in [-0.25, -0.2) is 0 Å². The van der Waals surface area contributed by atoms with E-state index < -0.39 is 0 Å². The van der Waals surface area contributed by atoms with Crippen LogP contribution in [0.2, 0.25) is 0 Å². The van der Waals surface area contributed by atoms with Crippen molar-refractivity contribution in [2.45, 2.75) is 31.8 Å². The van der Waals surface area contributed by atoms with Gasteiger partial charge in [0.25, 0.3) is 0 Å². The average Bonchev–Trinajstić information content (AvgIpc) is 2.49. The molecule has 0 aliphatic rings. The van der Waals surface area contributed by atoms with Crippen molar-refractivity contribution < 1.29 is 9.47 Å². The molecule has 4 N–H and O–H groups in total. The minimum absolute atomic E-state index is 0.232. The van der Waals surface area contributed by atoms with Crippen molar-refractivity contribution in [2.75, 3.05) is 27.4 Å². The highest BCUT2D eigenvalue weighted by Crippen LogP contribution is 2.23. The number of rotatable bonds is 8. The van der Waals surface area contributed by atoms with E-state index in [1.54, 1.807) is 14.2 Å². The second-order valence-electron chi connectivity index (χ2n) is 5.01. The van der Waals surface area contributed by atoms with Gasteiger partial charge >= 0.3 is 0 Å². The minimum Gasteiger partial charge on any atom is -0.385 e. The van der Waals surface area contributed by atoms with E-state index in [-0.39, 0.29) is 12.1 Å². The summed E-state index contributed by atoms with van der Waals surface area (Å²) in [4.78, 5) is 4.53. The van der Waals surface area contributed by atoms with Gasteiger partial charge < -0.3 is 20.9 Å². The maximum atomic E-state index is 9.32. The van der Waals surface area contributed by atoms with Crippen molar-refractivity contribution in [3.8, 4) is 6.07 Å². The van der Waals surface area contributed by atoms with Gasteiger partial charge in [-0.2, -0.15) is 5.26 Å². The first kappa shape index (κ1) is 17.5. The number of nitriles is 1. The fourth-order valence-electron chi connectivity index (χ4n) is 2.10. The highest BCUT2D eigenvalue weighted by Gasteiger charge is 2.18. The molecular weight excluding hydrogens is 268 g/mol. The summed E-state index contributed by atoms with van der Waals surface area (Å²) in [6, 6.07) is 3.46. The molecule has 0 radical (unpaired) electrons. The van der Waals surface area contributed by atoms with Gasteiger partial charge in [-0.15, -0.1) is 0 Å². The summed E-state index contributed by atoms with van der Waals surface area (Å²) in [6.45, 7) is 2.96. The molecule has 0 saturated carbocycles. The van der Waals surface area contributed by atoms with Gasteiger partial charge in [-0.1, -0.05) is 0 Å². The van der Waals surface area contributed by atoms with Crippen molar-refractivity contribution in [1.82, 2.24) is 4.98 Å². The Balaban J connectivity index is 3.09. The van der Waals surface area contributed by atoms with Crippen LogP contribution in [0, 0.1) is 18.3 Å². The van der Waals surface area contributed by atoms with Gasteiger partial charge in [0.15, 0.2) is 0 Å². The molecule has 1 rings (SSSR count). The van der Waals surface area contributed by atoms with Crippen LogP contribution in [0.25, 0.3) is 0 Å². The average molecular weight is 292 g/mol. The zero-order chi connectivity index (χ0) is 15.8. The van der Waals surface area contributed by atoms with Crippen LogP contribution in [0.5, 0.6) is 0 Å². The molecule has 1 aromatic heterocycles. The van der Waals surface area contributed by atoms with E-state index in [1.165, 1.54) is 0 Å². The molecule has 0 aliphatic carbocycles. The first-order valence-corrected chi connectivity index (χ1v) is 6.95. The Kier molecular flexibility index (Phi) is 7.26. The van der Waals surface area contributed by atoms with Crippen LogP contribution in [0.15, 0.2) is 6.07 Å². The van der Waals surface area contributed by atoms with E-state index in [9.17, 15) is 5.26 Å². The quantitative estimate of drug-likeness (QED) is 0.748. The van der Waals surface area contributed by atoms with E-state index in [0.717, 1.165) is 11.3 Å². The Bertz CT molecular complexity index is 499. The predicted molar refractivity (Wildman–Crippen MR) is 80.5 cm³/mol. The van der Waals surface area contributed by atoms with Crippen LogP contribution in [0.4, 0.5) is 0 Å². The maximum absolute atomic E-state index is 9.32. The van der Waals surface area contributed by atoms with Crippen molar-refractivity contribution in [3.05, 3.63) is 28.6 Å². The zero-order valence-electron chi connectivity index (χ0n) is 12.9. The van der Waals surface area contributed by atoms with Crippen LogP contribution in [-0.2, 0) is 9.47 Å². The lowest BCUT2D eigenvalue weighted by molar-refractivity contribution is 0.186. The lowest BCUT2D eigenvalue weighted by Crippen LogP contribution is -2.21. The van der Waals surface area contributed by atoms with Crippen molar-refractivity contribution in [1.29, 1.82) is 5.26 Å². The number of aryl methyl sites for hydroxylation is 1. The molecule has 6 heteroatoms. The normalized spacial score (nSPS) is 13.7. The molecule has 6 nitrogen and oxygen atoms in total. The Morgan fingerprint density at radius 2 is 1.76 bits per heavy atom. The Morgan fingerprint density at radius 1 is 1.19 bits per heavy atom. The number of nitrogens with zero attached hydrogens (tertiary/aromatic N) is 2. The summed E-state index contributed by atoms with van der Waals surface area (Å²) in [5, 5.41) is 9.32. The van der Waals surface area contributed by atoms with Crippen LogP contribution in [0.1, 0.15) is 47.4 Å². The molecule has 116 valence electrons. The van der Waals surface area contributed by atoms with Crippen LogP contribution < -0.4 is 11.5 Å². The highest BCUT2D eigenvalue weighted by molar-refractivity contribution is 5.43. The van der Waals surface area contributed by atoms with Crippen molar-refractivity contribution in [2.24, 2.45) is 11.5 Å². The summed E-state index contributed by atoms with van der Waals surface area (Å²) >= 11 is 0. The first-order valence-electron chi connectivity index (χ1n) is 6.95. The van der Waals surface area contributed by atoms with Crippen molar-refractivity contribution in [3.63, 3.8) is 0 Å². The molecule has 0 fully saturated rings. The Labute approximate surface area is 126 Å². The maximum Gasteiger partial charge on any atom is 0.101 e. The summed E-state index contributed by atoms with van der Waals surface area (Å²) in [6.07, 6.45) is 1.27. The van der Waals surface area contributed by atoms with Crippen molar-refractivity contribution >= 4 is 0 Å². The lowest BCUT2D eigenvalue weighted by atomic mass is 9.99. The first-order chi connectivity index (χ1) is 10.0.